The fraction of sp³-hybridized carbons (Fsp3) is 0.312. The highest BCUT2D eigenvalue weighted by atomic mass is 19.1. The SMILES string of the molecule is O=C(Nc1ccn(C2OCC(F)C2CO)c(=O)n1)c1ccccc1. The minimum atomic E-state index is -1.34. The molecule has 7 nitrogen and oxygen atoms in total. The number of halogens is 1. The van der Waals surface area contributed by atoms with Crippen LogP contribution in [0.1, 0.15) is 16.6 Å². The molecular weight excluding hydrogens is 317 g/mol. The van der Waals surface area contributed by atoms with E-state index in [2.05, 4.69) is 10.3 Å². The monoisotopic (exact) mass is 333 g/mol. The topological polar surface area (TPSA) is 93.5 Å². The van der Waals surface area contributed by atoms with Crippen LogP contribution in [0.2, 0.25) is 0 Å². The molecule has 0 saturated carbocycles. The zero-order valence-corrected chi connectivity index (χ0v) is 12.6. The number of anilines is 1. The summed E-state index contributed by atoms with van der Waals surface area (Å²) in [5, 5.41) is 11.8. The van der Waals surface area contributed by atoms with Crippen LogP contribution in [0.25, 0.3) is 0 Å². The van der Waals surface area contributed by atoms with E-state index in [0.29, 0.717) is 5.56 Å². The van der Waals surface area contributed by atoms with Crippen LogP contribution >= 0.6 is 0 Å². The summed E-state index contributed by atoms with van der Waals surface area (Å²) < 4.78 is 20.0. The lowest BCUT2D eigenvalue weighted by Gasteiger charge is -2.19. The van der Waals surface area contributed by atoms with Gasteiger partial charge in [0, 0.05) is 11.8 Å². The van der Waals surface area contributed by atoms with Crippen molar-refractivity contribution in [3.05, 3.63) is 58.6 Å². The third-order valence-electron chi connectivity index (χ3n) is 3.85. The highest BCUT2D eigenvalue weighted by Gasteiger charge is 2.38. The molecule has 3 rings (SSSR count). The van der Waals surface area contributed by atoms with Crippen molar-refractivity contribution in [3.63, 3.8) is 0 Å². The minimum absolute atomic E-state index is 0.0837. The van der Waals surface area contributed by atoms with E-state index in [1.54, 1.807) is 30.3 Å². The predicted octanol–water partition coefficient (Wildman–Crippen LogP) is 0.971. The zero-order chi connectivity index (χ0) is 17.1. The summed E-state index contributed by atoms with van der Waals surface area (Å²) in [5.74, 6) is -1.14. The number of hydrogen-bond acceptors (Lipinski definition) is 5. The van der Waals surface area contributed by atoms with E-state index in [4.69, 9.17) is 4.74 Å². The Hall–Kier alpha value is -2.58. The lowest BCUT2D eigenvalue weighted by Crippen LogP contribution is -2.33. The Labute approximate surface area is 136 Å². The highest BCUT2D eigenvalue weighted by Crippen LogP contribution is 2.30. The Morgan fingerprint density at radius 1 is 1.38 bits per heavy atom. The summed E-state index contributed by atoms with van der Waals surface area (Å²) >= 11 is 0. The molecule has 1 saturated heterocycles. The molecule has 8 heteroatoms. The van der Waals surface area contributed by atoms with E-state index in [9.17, 15) is 19.1 Å². The van der Waals surface area contributed by atoms with Crippen LogP contribution in [0.3, 0.4) is 0 Å². The Balaban J connectivity index is 1.78. The van der Waals surface area contributed by atoms with Gasteiger partial charge in [-0.3, -0.25) is 9.36 Å². The molecule has 1 fully saturated rings. The summed E-state index contributed by atoms with van der Waals surface area (Å²) in [6, 6.07) is 9.92. The zero-order valence-electron chi connectivity index (χ0n) is 12.6. The van der Waals surface area contributed by atoms with Gasteiger partial charge >= 0.3 is 5.69 Å². The van der Waals surface area contributed by atoms with Gasteiger partial charge in [0.25, 0.3) is 5.91 Å². The second-order valence-corrected chi connectivity index (χ2v) is 5.41. The van der Waals surface area contributed by atoms with E-state index in [0.717, 1.165) is 4.57 Å². The third-order valence-corrected chi connectivity index (χ3v) is 3.85. The van der Waals surface area contributed by atoms with Crippen molar-refractivity contribution in [2.45, 2.75) is 12.4 Å². The van der Waals surface area contributed by atoms with Crippen LogP contribution in [-0.4, -0.2) is 40.0 Å². The molecule has 126 valence electrons. The van der Waals surface area contributed by atoms with Crippen molar-refractivity contribution >= 4 is 11.7 Å². The number of hydrogen-bond donors (Lipinski definition) is 2. The van der Waals surface area contributed by atoms with Gasteiger partial charge in [-0.25, -0.2) is 9.18 Å². The molecule has 1 aromatic heterocycles. The van der Waals surface area contributed by atoms with Crippen LogP contribution < -0.4 is 11.0 Å². The quantitative estimate of drug-likeness (QED) is 0.870. The van der Waals surface area contributed by atoms with Crippen molar-refractivity contribution in [1.29, 1.82) is 0 Å². The molecule has 1 aliphatic heterocycles. The standard InChI is InChI=1S/C16H16FN3O4/c17-12-9-24-15(11(12)8-21)20-7-6-13(19-16(20)23)18-14(22)10-4-2-1-3-5-10/h1-7,11-12,15,21H,8-9H2,(H,18,19,22,23). The summed E-state index contributed by atoms with van der Waals surface area (Å²) in [6.07, 6.45) is -0.894. The molecule has 0 aliphatic carbocycles. The largest absolute Gasteiger partial charge is 0.396 e. The number of aromatic nitrogens is 2. The molecule has 2 heterocycles. The number of alkyl halides is 1. The van der Waals surface area contributed by atoms with E-state index in [1.165, 1.54) is 12.3 Å². The smallest absolute Gasteiger partial charge is 0.351 e. The number of nitrogens with zero attached hydrogens (tertiary/aromatic N) is 2. The molecule has 1 aromatic carbocycles. The first-order valence-corrected chi connectivity index (χ1v) is 7.42. The molecule has 0 radical (unpaired) electrons. The first-order chi connectivity index (χ1) is 11.6. The minimum Gasteiger partial charge on any atom is -0.396 e. The number of rotatable bonds is 4. The molecule has 2 aromatic rings. The van der Waals surface area contributed by atoms with Crippen molar-refractivity contribution < 1.29 is 19.0 Å². The molecule has 2 N–H and O–H groups in total. The second kappa shape index (κ2) is 6.90. The number of amides is 1. The van der Waals surface area contributed by atoms with Crippen molar-refractivity contribution in [3.8, 4) is 0 Å². The molecule has 3 atom stereocenters. The number of aliphatic hydroxyl groups is 1. The van der Waals surface area contributed by atoms with Gasteiger partial charge < -0.3 is 15.2 Å². The molecule has 1 aliphatic rings. The maximum atomic E-state index is 13.6. The normalized spacial score (nSPS) is 23.2. The number of carbonyl (C=O) groups is 1. The molecule has 1 amide bonds. The Bertz CT molecular complexity index is 780. The number of ether oxygens (including phenoxy) is 1. The average Bonchev–Trinajstić information content (AvgIpc) is 2.96. The number of carbonyl (C=O) groups excluding carboxylic acids is 1. The highest BCUT2D eigenvalue weighted by molar-refractivity contribution is 6.03. The number of aliphatic hydroxyl groups excluding tert-OH is 1. The van der Waals surface area contributed by atoms with Crippen LogP contribution in [0.15, 0.2) is 47.4 Å². The first-order valence-electron chi connectivity index (χ1n) is 7.42. The Morgan fingerprint density at radius 3 is 2.79 bits per heavy atom. The van der Waals surface area contributed by atoms with Gasteiger partial charge in [-0.2, -0.15) is 4.98 Å². The fourth-order valence-electron chi connectivity index (χ4n) is 2.56. The van der Waals surface area contributed by atoms with Gasteiger partial charge in [0.2, 0.25) is 0 Å². The van der Waals surface area contributed by atoms with Gasteiger partial charge in [-0.05, 0) is 18.2 Å². The van der Waals surface area contributed by atoms with Gasteiger partial charge in [-0.1, -0.05) is 18.2 Å². The van der Waals surface area contributed by atoms with E-state index < -0.39 is 36.5 Å². The Kier molecular flexibility index (Phi) is 4.68. The lowest BCUT2D eigenvalue weighted by molar-refractivity contribution is 0.0139. The van der Waals surface area contributed by atoms with Crippen molar-refractivity contribution in [2.24, 2.45) is 5.92 Å². The average molecular weight is 333 g/mol. The van der Waals surface area contributed by atoms with Crippen molar-refractivity contribution in [2.75, 3.05) is 18.5 Å². The van der Waals surface area contributed by atoms with Crippen LogP contribution in [-0.2, 0) is 4.74 Å². The number of nitrogens with one attached hydrogen (secondary N) is 1. The molecular formula is C16H16FN3O4. The maximum absolute atomic E-state index is 13.6. The van der Waals surface area contributed by atoms with Gasteiger partial charge in [0.05, 0.1) is 19.1 Å². The molecule has 0 bridgehead atoms. The van der Waals surface area contributed by atoms with Crippen LogP contribution in [0.5, 0.6) is 0 Å². The maximum Gasteiger partial charge on any atom is 0.351 e. The molecule has 3 unspecified atom stereocenters. The van der Waals surface area contributed by atoms with Crippen LogP contribution in [0.4, 0.5) is 10.2 Å². The van der Waals surface area contributed by atoms with Crippen LogP contribution in [0, 0.1) is 5.92 Å². The predicted molar refractivity (Wildman–Crippen MR) is 83.4 cm³/mol. The summed E-state index contributed by atoms with van der Waals surface area (Å²) in [6.45, 7) is -0.625. The first kappa shape index (κ1) is 16.3. The number of benzene rings is 1. The van der Waals surface area contributed by atoms with E-state index in [1.807, 2.05) is 0 Å². The lowest BCUT2D eigenvalue weighted by atomic mass is 10.1. The Morgan fingerprint density at radius 2 is 2.12 bits per heavy atom. The van der Waals surface area contributed by atoms with E-state index in [-0.39, 0.29) is 12.4 Å². The molecule has 24 heavy (non-hydrogen) atoms. The second-order valence-electron chi connectivity index (χ2n) is 5.41. The van der Waals surface area contributed by atoms with Gasteiger partial charge in [-0.15, -0.1) is 0 Å². The van der Waals surface area contributed by atoms with Gasteiger partial charge in [0.15, 0.2) is 0 Å². The fourth-order valence-corrected chi connectivity index (χ4v) is 2.56. The van der Waals surface area contributed by atoms with E-state index >= 15 is 0 Å². The summed E-state index contributed by atoms with van der Waals surface area (Å²) in [4.78, 5) is 27.9. The molecule has 0 spiro atoms. The summed E-state index contributed by atoms with van der Waals surface area (Å²) in [5.41, 5.74) is -0.262. The summed E-state index contributed by atoms with van der Waals surface area (Å²) in [7, 11) is 0. The van der Waals surface area contributed by atoms with Crippen molar-refractivity contribution in [1.82, 2.24) is 9.55 Å². The third kappa shape index (κ3) is 3.19. The van der Waals surface area contributed by atoms with Gasteiger partial charge in [0.1, 0.15) is 18.2 Å².